The number of carbonyl (C=O) groups is 1. The first-order valence-corrected chi connectivity index (χ1v) is 11.0. The Labute approximate surface area is 202 Å². The summed E-state index contributed by atoms with van der Waals surface area (Å²) in [5.74, 6) is 0.0239. The predicted molar refractivity (Wildman–Crippen MR) is 129 cm³/mol. The van der Waals surface area contributed by atoms with Crippen LogP contribution in [0.25, 0.3) is 17.1 Å². The quantitative estimate of drug-likeness (QED) is 0.300. The summed E-state index contributed by atoms with van der Waals surface area (Å²) >= 11 is 21.8. The molecular weight excluding hydrogens is 523 g/mol. The molecule has 156 valence electrons. The van der Waals surface area contributed by atoms with E-state index >= 15 is 0 Å². The first-order chi connectivity index (χ1) is 14.8. The van der Waals surface area contributed by atoms with E-state index in [2.05, 4.69) is 31.3 Å². The van der Waals surface area contributed by atoms with Gasteiger partial charge in [0.25, 0.3) is 5.91 Å². The molecule has 1 N–H and O–H groups in total. The largest absolute Gasteiger partial charge is 0.319 e. The van der Waals surface area contributed by atoms with Crippen molar-refractivity contribution in [3.63, 3.8) is 0 Å². The van der Waals surface area contributed by atoms with Crippen LogP contribution in [0.4, 0.5) is 5.69 Å². The number of hydrogen-bond donors (Lipinski definition) is 1. The maximum atomic E-state index is 12.9. The number of hydrogen-bond acceptors (Lipinski definition) is 3. The molecule has 5 nitrogen and oxygen atoms in total. The summed E-state index contributed by atoms with van der Waals surface area (Å²) in [5, 5.41) is 8.57. The Bertz CT molecular complexity index is 1290. The van der Waals surface area contributed by atoms with Gasteiger partial charge in [0.05, 0.1) is 15.7 Å². The van der Waals surface area contributed by atoms with E-state index in [1.165, 1.54) is 0 Å². The minimum absolute atomic E-state index is 0.000638. The summed E-state index contributed by atoms with van der Waals surface area (Å²) in [6.45, 7) is 1.89. The average molecular weight is 537 g/mol. The molecule has 4 aromatic rings. The van der Waals surface area contributed by atoms with Crippen LogP contribution in [0.15, 0.2) is 65.1 Å². The van der Waals surface area contributed by atoms with Crippen molar-refractivity contribution in [2.45, 2.75) is 6.92 Å². The van der Waals surface area contributed by atoms with E-state index in [1.807, 2.05) is 37.3 Å². The van der Waals surface area contributed by atoms with Gasteiger partial charge in [-0.1, -0.05) is 68.9 Å². The molecule has 31 heavy (non-hydrogen) atoms. The number of rotatable bonds is 4. The van der Waals surface area contributed by atoms with Crippen LogP contribution in [0.5, 0.6) is 0 Å². The zero-order chi connectivity index (χ0) is 22.1. The lowest BCUT2D eigenvalue weighted by molar-refractivity contribution is 0.101. The number of nitrogens with one attached hydrogen (secondary N) is 1. The molecule has 3 aromatic carbocycles. The van der Waals surface area contributed by atoms with Crippen molar-refractivity contribution in [1.82, 2.24) is 14.8 Å². The third-order valence-corrected chi connectivity index (χ3v) is 6.17. The van der Waals surface area contributed by atoms with Gasteiger partial charge in [-0.05, 0) is 55.0 Å². The summed E-state index contributed by atoms with van der Waals surface area (Å²) < 4.78 is 2.48. The van der Waals surface area contributed by atoms with Crippen molar-refractivity contribution in [3.05, 3.63) is 91.6 Å². The van der Waals surface area contributed by atoms with Crippen molar-refractivity contribution in [3.8, 4) is 17.1 Å². The standard InChI is InChI=1S/C22H14BrCl3N4O/c1-12-2-7-15(10-18(12)25)27-22(31)20-28-21(13-3-5-14(23)6-4-13)30(29-20)16-8-9-17(24)19(26)11-16/h2-11H,1H3,(H,27,31). The molecule has 0 bridgehead atoms. The lowest BCUT2D eigenvalue weighted by Gasteiger charge is -2.07. The highest BCUT2D eigenvalue weighted by Gasteiger charge is 2.20. The number of aryl methyl sites for hydroxylation is 1. The SMILES string of the molecule is Cc1ccc(NC(=O)c2nc(-c3ccc(Br)cc3)n(-c3ccc(Cl)c(Cl)c3)n2)cc1Cl. The van der Waals surface area contributed by atoms with Crippen molar-refractivity contribution in [1.29, 1.82) is 0 Å². The van der Waals surface area contributed by atoms with Crippen LogP contribution < -0.4 is 5.32 Å². The minimum Gasteiger partial charge on any atom is -0.319 e. The molecule has 9 heteroatoms. The van der Waals surface area contributed by atoms with Gasteiger partial charge in [-0.15, -0.1) is 5.10 Å². The summed E-state index contributed by atoms with van der Waals surface area (Å²) in [6, 6.07) is 17.9. The summed E-state index contributed by atoms with van der Waals surface area (Å²) in [6.07, 6.45) is 0. The van der Waals surface area contributed by atoms with Crippen LogP contribution in [0.3, 0.4) is 0 Å². The molecule has 0 aliphatic heterocycles. The molecular formula is C22H14BrCl3N4O. The zero-order valence-corrected chi connectivity index (χ0v) is 19.9. The Kier molecular flexibility index (Phi) is 6.34. The van der Waals surface area contributed by atoms with Gasteiger partial charge in [-0.2, -0.15) is 0 Å². The number of halogens is 4. The lowest BCUT2D eigenvalue weighted by Crippen LogP contribution is -2.14. The first kappa shape index (κ1) is 21.8. The van der Waals surface area contributed by atoms with Gasteiger partial charge in [0.15, 0.2) is 5.82 Å². The molecule has 0 radical (unpaired) electrons. The van der Waals surface area contributed by atoms with Gasteiger partial charge in [-0.3, -0.25) is 4.79 Å². The van der Waals surface area contributed by atoms with E-state index in [4.69, 9.17) is 34.8 Å². The molecule has 0 atom stereocenters. The van der Waals surface area contributed by atoms with E-state index in [0.29, 0.717) is 32.3 Å². The van der Waals surface area contributed by atoms with Crippen LogP contribution in [0.2, 0.25) is 15.1 Å². The average Bonchev–Trinajstić information content (AvgIpc) is 3.19. The fourth-order valence-corrected chi connectivity index (χ4v) is 3.59. The highest BCUT2D eigenvalue weighted by Crippen LogP contribution is 2.28. The first-order valence-electron chi connectivity index (χ1n) is 9.08. The van der Waals surface area contributed by atoms with Crippen molar-refractivity contribution < 1.29 is 4.79 Å². The molecule has 0 spiro atoms. The number of carbonyl (C=O) groups excluding carboxylic acids is 1. The highest BCUT2D eigenvalue weighted by atomic mass is 79.9. The monoisotopic (exact) mass is 534 g/mol. The van der Waals surface area contributed by atoms with E-state index in [-0.39, 0.29) is 5.82 Å². The van der Waals surface area contributed by atoms with Crippen molar-refractivity contribution in [2.24, 2.45) is 0 Å². The highest BCUT2D eigenvalue weighted by molar-refractivity contribution is 9.10. The third-order valence-electron chi connectivity index (χ3n) is 4.49. The second-order valence-electron chi connectivity index (χ2n) is 6.69. The number of amides is 1. The van der Waals surface area contributed by atoms with Crippen LogP contribution >= 0.6 is 50.7 Å². The molecule has 0 aliphatic carbocycles. The Hall–Kier alpha value is -2.38. The number of anilines is 1. The number of benzene rings is 3. The maximum Gasteiger partial charge on any atom is 0.295 e. The topological polar surface area (TPSA) is 59.8 Å². The van der Waals surface area contributed by atoms with Crippen molar-refractivity contribution >= 4 is 62.3 Å². The smallest absolute Gasteiger partial charge is 0.295 e. The molecule has 1 amide bonds. The van der Waals surface area contributed by atoms with Crippen LogP contribution in [0.1, 0.15) is 16.2 Å². The predicted octanol–water partition coefficient (Wildman–Crippen LogP) is 7.22. The van der Waals surface area contributed by atoms with E-state index < -0.39 is 5.91 Å². The summed E-state index contributed by atoms with van der Waals surface area (Å²) in [5.41, 5.74) is 2.87. The van der Waals surface area contributed by atoms with Crippen LogP contribution in [-0.2, 0) is 0 Å². The Balaban J connectivity index is 1.76. The van der Waals surface area contributed by atoms with Gasteiger partial charge in [0, 0.05) is 20.7 Å². The molecule has 0 unspecified atom stereocenters. The molecule has 0 saturated carbocycles. The zero-order valence-electron chi connectivity index (χ0n) is 16.0. The van der Waals surface area contributed by atoms with Gasteiger partial charge in [0.2, 0.25) is 5.82 Å². The Morgan fingerprint density at radius 3 is 2.35 bits per heavy atom. The summed E-state index contributed by atoms with van der Waals surface area (Å²) in [7, 11) is 0. The minimum atomic E-state index is -0.461. The molecule has 1 aromatic heterocycles. The fraction of sp³-hybridized carbons (Fsp3) is 0.0455. The van der Waals surface area contributed by atoms with Gasteiger partial charge < -0.3 is 5.32 Å². The Morgan fingerprint density at radius 2 is 1.68 bits per heavy atom. The van der Waals surface area contributed by atoms with Gasteiger partial charge in [0.1, 0.15) is 0 Å². The third kappa shape index (κ3) is 4.77. The second kappa shape index (κ2) is 9.01. The van der Waals surface area contributed by atoms with E-state index in [0.717, 1.165) is 15.6 Å². The maximum absolute atomic E-state index is 12.9. The molecule has 1 heterocycles. The fourth-order valence-electron chi connectivity index (χ4n) is 2.85. The van der Waals surface area contributed by atoms with Gasteiger partial charge >= 0.3 is 0 Å². The normalized spacial score (nSPS) is 10.9. The summed E-state index contributed by atoms with van der Waals surface area (Å²) in [4.78, 5) is 17.4. The lowest BCUT2D eigenvalue weighted by atomic mass is 10.2. The Morgan fingerprint density at radius 1 is 0.935 bits per heavy atom. The second-order valence-corrected chi connectivity index (χ2v) is 8.83. The van der Waals surface area contributed by atoms with Crippen LogP contribution in [-0.4, -0.2) is 20.7 Å². The van der Waals surface area contributed by atoms with Crippen molar-refractivity contribution in [2.75, 3.05) is 5.32 Å². The van der Waals surface area contributed by atoms with E-state index in [1.54, 1.807) is 35.0 Å². The number of aromatic nitrogens is 3. The van der Waals surface area contributed by atoms with Crippen LogP contribution in [0, 0.1) is 6.92 Å². The molecule has 4 rings (SSSR count). The molecule has 0 aliphatic rings. The number of nitrogens with zero attached hydrogens (tertiary/aromatic N) is 3. The van der Waals surface area contributed by atoms with Gasteiger partial charge in [-0.25, -0.2) is 9.67 Å². The van der Waals surface area contributed by atoms with E-state index in [9.17, 15) is 4.79 Å². The molecule has 0 fully saturated rings. The molecule has 0 saturated heterocycles.